The Morgan fingerprint density at radius 3 is 2.64 bits per heavy atom. The van der Waals surface area contributed by atoms with E-state index >= 15 is 0 Å². The summed E-state index contributed by atoms with van der Waals surface area (Å²) in [5, 5.41) is 13.5. The molecule has 2 amide bonds. The zero-order valence-corrected chi connectivity index (χ0v) is 16.6. The fourth-order valence-electron chi connectivity index (χ4n) is 3.11. The molecule has 1 aromatic heterocycles. The Bertz CT molecular complexity index is 845. The van der Waals surface area contributed by atoms with E-state index in [1.807, 2.05) is 30.3 Å². The quantitative estimate of drug-likeness (QED) is 0.545. The summed E-state index contributed by atoms with van der Waals surface area (Å²) in [5.74, 6) is -0.601. The zero-order chi connectivity index (χ0) is 19.4. The number of thiophene rings is 1. The Labute approximate surface area is 172 Å². The normalized spacial score (nSPS) is 16.9. The number of rotatable bonds is 6. The number of nitro groups is 1. The molecule has 8 nitrogen and oxygen atoms in total. The van der Waals surface area contributed by atoms with E-state index in [1.165, 1.54) is 17.0 Å². The third-order valence-electron chi connectivity index (χ3n) is 4.52. The summed E-state index contributed by atoms with van der Waals surface area (Å²) in [6.07, 6.45) is 1.27. The molecule has 0 bridgehead atoms. The van der Waals surface area contributed by atoms with Crippen LogP contribution in [0.2, 0.25) is 0 Å². The molecule has 0 spiro atoms. The van der Waals surface area contributed by atoms with Gasteiger partial charge in [0.25, 0.3) is 5.91 Å². The first-order chi connectivity index (χ1) is 13.0. The maximum absolute atomic E-state index is 12.7. The van der Waals surface area contributed by atoms with Crippen LogP contribution < -0.4 is 11.1 Å². The molecule has 3 N–H and O–H groups in total. The number of carbonyl (C=O) groups excluding carboxylic acids is 2. The van der Waals surface area contributed by atoms with Crippen molar-refractivity contribution < 1.29 is 14.5 Å². The number of halogens is 1. The fraction of sp³-hybridized carbons (Fsp3) is 0.333. The van der Waals surface area contributed by atoms with Crippen molar-refractivity contribution in [1.82, 2.24) is 10.2 Å². The highest BCUT2D eigenvalue weighted by Gasteiger charge is 2.35. The Morgan fingerprint density at radius 1 is 1.29 bits per heavy atom. The molecule has 1 aromatic carbocycles. The van der Waals surface area contributed by atoms with Gasteiger partial charge in [-0.1, -0.05) is 41.7 Å². The molecule has 1 fully saturated rings. The van der Waals surface area contributed by atoms with Crippen LogP contribution in [0.4, 0.5) is 5.00 Å². The molecule has 10 heteroatoms. The van der Waals surface area contributed by atoms with Gasteiger partial charge in [-0.3, -0.25) is 19.7 Å². The average molecular weight is 425 g/mol. The number of nitrogens with one attached hydrogen (secondary N) is 1. The highest BCUT2D eigenvalue weighted by molar-refractivity contribution is 7.17. The monoisotopic (exact) mass is 424 g/mol. The average Bonchev–Trinajstić information content (AvgIpc) is 3.35. The summed E-state index contributed by atoms with van der Waals surface area (Å²) in [5.41, 5.74) is 7.02. The van der Waals surface area contributed by atoms with Gasteiger partial charge in [0.15, 0.2) is 0 Å². The summed E-state index contributed by atoms with van der Waals surface area (Å²) >= 11 is 0.823. The minimum atomic E-state index is -0.582. The van der Waals surface area contributed by atoms with Crippen molar-refractivity contribution in [2.45, 2.75) is 24.9 Å². The van der Waals surface area contributed by atoms with Crippen LogP contribution in [0.3, 0.4) is 0 Å². The predicted molar refractivity (Wildman–Crippen MR) is 109 cm³/mol. The largest absolute Gasteiger partial charge is 0.352 e. The molecule has 0 saturated carbocycles. The maximum atomic E-state index is 12.7. The molecule has 0 aliphatic carbocycles. The second kappa shape index (κ2) is 9.63. The number of carbonyl (C=O) groups is 2. The van der Waals surface area contributed by atoms with Crippen molar-refractivity contribution in [3.8, 4) is 0 Å². The minimum Gasteiger partial charge on any atom is -0.352 e. The lowest BCUT2D eigenvalue weighted by atomic mass is 10.1. The molecule has 2 aromatic rings. The van der Waals surface area contributed by atoms with E-state index in [0.717, 1.165) is 16.9 Å². The van der Waals surface area contributed by atoms with Crippen molar-refractivity contribution in [3.63, 3.8) is 0 Å². The van der Waals surface area contributed by atoms with Gasteiger partial charge in [0, 0.05) is 25.2 Å². The first-order valence-corrected chi connectivity index (χ1v) is 9.42. The number of nitrogens with two attached hydrogens (primary N) is 1. The second-order valence-corrected chi connectivity index (χ2v) is 7.38. The van der Waals surface area contributed by atoms with Gasteiger partial charge < -0.3 is 16.0 Å². The highest BCUT2D eigenvalue weighted by atomic mass is 35.5. The molecular formula is C18H21ClN4O4S. The van der Waals surface area contributed by atoms with Crippen LogP contribution in [0, 0.1) is 10.1 Å². The van der Waals surface area contributed by atoms with Crippen LogP contribution in [-0.2, 0) is 4.79 Å². The number of hydrogen-bond acceptors (Lipinski definition) is 6. The van der Waals surface area contributed by atoms with Crippen LogP contribution >= 0.6 is 23.7 Å². The standard InChI is InChI=1S/C18H20N4O4S.ClH/c19-13(12-5-2-1-3-6-12)11-20-17(23)14-7-4-10-21(14)18(24)15-8-9-16(27-15)22(25)26;/h1-3,5-6,8-9,13-14H,4,7,10-11,19H2,(H,20,23);1H. The molecule has 2 unspecified atom stereocenters. The Kier molecular flexibility index (Phi) is 7.50. The fourth-order valence-corrected chi connectivity index (χ4v) is 3.89. The van der Waals surface area contributed by atoms with Crippen molar-refractivity contribution in [2.24, 2.45) is 5.73 Å². The molecule has 1 saturated heterocycles. The Morgan fingerprint density at radius 2 is 2.00 bits per heavy atom. The van der Waals surface area contributed by atoms with Gasteiger partial charge in [-0.2, -0.15) is 0 Å². The van der Waals surface area contributed by atoms with E-state index < -0.39 is 11.0 Å². The molecule has 2 heterocycles. The molecule has 1 aliphatic rings. The number of likely N-dealkylation sites (tertiary alicyclic amines) is 1. The minimum absolute atomic E-state index is 0. The smallest absolute Gasteiger partial charge is 0.324 e. The van der Waals surface area contributed by atoms with E-state index in [9.17, 15) is 19.7 Å². The number of benzene rings is 1. The summed E-state index contributed by atoms with van der Waals surface area (Å²) in [6, 6.07) is 11.3. The SMILES string of the molecule is Cl.NC(CNC(=O)C1CCCN1C(=O)c1ccc([N+](=O)[O-])s1)c1ccccc1. The lowest BCUT2D eigenvalue weighted by Crippen LogP contribution is -2.47. The van der Waals surface area contributed by atoms with Crippen molar-refractivity contribution in [2.75, 3.05) is 13.1 Å². The van der Waals surface area contributed by atoms with E-state index in [1.54, 1.807) is 0 Å². The number of nitrogens with zero attached hydrogens (tertiary/aromatic N) is 2. The second-order valence-electron chi connectivity index (χ2n) is 6.31. The molecule has 1 aliphatic heterocycles. The van der Waals surface area contributed by atoms with Crippen molar-refractivity contribution in [3.05, 3.63) is 63.0 Å². The summed E-state index contributed by atoms with van der Waals surface area (Å²) in [7, 11) is 0. The van der Waals surface area contributed by atoms with E-state index in [0.29, 0.717) is 19.4 Å². The molecule has 0 radical (unpaired) electrons. The van der Waals surface area contributed by atoms with Gasteiger partial charge in [-0.05, 0) is 24.5 Å². The summed E-state index contributed by atoms with van der Waals surface area (Å²) in [4.78, 5) is 37.3. The van der Waals surface area contributed by atoms with Crippen molar-refractivity contribution >= 4 is 40.6 Å². The van der Waals surface area contributed by atoms with E-state index in [-0.39, 0.29) is 46.7 Å². The van der Waals surface area contributed by atoms with Crippen LogP contribution in [-0.4, -0.2) is 40.8 Å². The van der Waals surface area contributed by atoms with Gasteiger partial charge in [0.05, 0.1) is 9.80 Å². The molecule has 28 heavy (non-hydrogen) atoms. The molecule has 150 valence electrons. The van der Waals surface area contributed by atoms with E-state index in [4.69, 9.17) is 5.73 Å². The summed E-state index contributed by atoms with van der Waals surface area (Å²) in [6.45, 7) is 0.721. The van der Waals surface area contributed by atoms with Crippen LogP contribution in [0.25, 0.3) is 0 Å². The highest BCUT2D eigenvalue weighted by Crippen LogP contribution is 2.28. The third kappa shape index (κ3) is 4.86. The lowest BCUT2D eigenvalue weighted by Gasteiger charge is -2.24. The zero-order valence-electron chi connectivity index (χ0n) is 14.9. The van der Waals surface area contributed by atoms with Gasteiger partial charge in [0.2, 0.25) is 5.91 Å². The topological polar surface area (TPSA) is 119 Å². The predicted octanol–water partition coefficient (Wildman–Crippen LogP) is 2.50. The molecule has 2 atom stereocenters. The third-order valence-corrected chi connectivity index (χ3v) is 5.55. The van der Waals surface area contributed by atoms with Crippen LogP contribution in [0.15, 0.2) is 42.5 Å². The lowest BCUT2D eigenvalue weighted by molar-refractivity contribution is -0.380. The van der Waals surface area contributed by atoms with E-state index in [2.05, 4.69) is 5.32 Å². The summed E-state index contributed by atoms with van der Waals surface area (Å²) < 4.78 is 0. The number of hydrogen-bond donors (Lipinski definition) is 2. The van der Waals surface area contributed by atoms with Gasteiger partial charge in [-0.25, -0.2) is 0 Å². The molecular weight excluding hydrogens is 404 g/mol. The van der Waals surface area contributed by atoms with Gasteiger partial charge in [-0.15, -0.1) is 12.4 Å². The van der Waals surface area contributed by atoms with Gasteiger partial charge >= 0.3 is 5.00 Å². The molecule has 3 rings (SSSR count). The first-order valence-electron chi connectivity index (χ1n) is 8.61. The maximum Gasteiger partial charge on any atom is 0.324 e. The Balaban J connectivity index is 0.00000280. The van der Waals surface area contributed by atoms with Gasteiger partial charge in [0.1, 0.15) is 6.04 Å². The van der Waals surface area contributed by atoms with Crippen LogP contribution in [0.5, 0.6) is 0 Å². The van der Waals surface area contributed by atoms with Crippen LogP contribution in [0.1, 0.15) is 34.1 Å². The number of amides is 2. The first kappa shape index (κ1) is 21.8. The Hall–Kier alpha value is -2.49. The van der Waals surface area contributed by atoms with Crippen molar-refractivity contribution in [1.29, 1.82) is 0 Å².